The van der Waals surface area contributed by atoms with E-state index in [1.54, 1.807) is 0 Å². The Morgan fingerprint density at radius 2 is 1.68 bits per heavy atom. The number of rotatable bonds is 10. The van der Waals surface area contributed by atoms with E-state index in [9.17, 15) is 30.4 Å². The largest absolute Gasteiger partial charge is 0.492 e. The molecule has 1 fully saturated rings. The molecule has 1 aliphatic rings. The van der Waals surface area contributed by atoms with Gasteiger partial charge in [0.15, 0.2) is 11.6 Å². The van der Waals surface area contributed by atoms with Crippen LogP contribution in [0, 0.1) is 11.6 Å². The van der Waals surface area contributed by atoms with Crippen LogP contribution in [0.4, 0.5) is 14.5 Å². The van der Waals surface area contributed by atoms with Gasteiger partial charge in [-0.2, -0.15) is 4.31 Å². The van der Waals surface area contributed by atoms with Gasteiger partial charge in [0, 0.05) is 19.2 Å². The molecule has 1 saturated heterocycles. The van der Waals surface area contributed by atoms with Crippen LogP contribution in [0.15, 0.2) is 47.4 Å². The summed E-state index contributed by atoms with van der Waals surface area (Å²) in [5, 5.41) is 2.48. The fraction of sp³-hybridized carbons (Fsp3) is 0.381. The molecule has 1 heterocycles. The number of carbonyl (C=O) groups excluding carboxylic acids is 1. The van der Waals surface area contributed by atoms with Crippen LogP contribution in [0.1, 0.15) is 12.8 Å². The van der Waals surface area contributed by atoms with E-state index in [4.69, 9.17) is 4.74 Å². The first kappa shape index (κ1) is 25.8. The summed E-state index contributed by atoms with van der Waals surface area (Å²) in [5.41, 5.74) is -0.184. The second-order valence-corrected chi connectivity index (χ2v) is 11.5. The normalized spacial score (nSPS) is 14.7. The molecule has 0 radical (unpaired) electrons. The Balaban J connectivity index is 1.51. The van der Waals surface area contributed by atoms with E-state index in [0.717, 1.165) is 31.2 Å². The Hall–Kier alpha value is -2.77. The molecule has 0 unspecified atom stereocenters. The van der Waals surface area contributed by atoms with Gasteiger partial charge in [0.05, 0.1) is 23.4 Å². The van der Waals surface area contributed by atoms with E-state index >= 15 is 0 Å². The van der Waals surface area contributed by atoms with E-state index in [1.165, 1.54) is 28.6 Å². The number of ether oxygens (including phenoxy) is 1. The van der Waals surface area contributed by atoms with Crippen molar-refractivity contribution in [1.82, 2.24) is 9.62 Å². The standard InChI is InChI=1S/C21H25F2N3O6S2/c1-33(28,29)26(16-4-9-19(22)20(23)14-16)15-21(27)24-10-13-32-17-5-7-18(8-6-17)34(30,31)25-11-2-3-12-25/h4-9,14H,2-3,10-13,15H2,1H3,(H,24,27). The predicted octanol–water partition coefficient (Wildman–Crippen LogP) is 1.71. The fourth-order valence-electron chi connectivity index (χ4n) is 3.37. The molecule has 1 N–H and O–H groups in total. The van der Waals surface area contributed by atoms with Crippen LogP contribution < -0.4 is 14.4 Å². The summed E-state index contributed by atoms with van der Waals surface area (Å²) >= 11 is 0. The third-order valence-electron chi connectivity index (χ3n) is 5.10. The smallest absolute Gasteiger partial charge is 0.243 e. The van der Waals surface area contributed by atoms with Gasteiger partial charge in [0.1, 0.15) is 18.9 Å². The predicted molar refractivity (Wildman–Crippen MR) is 121 cm³/mol. The Morgan fingerprint density at radius 3 is 2.26 bits per heavy atom. The van der Waals surface area contributed by atoms with Gasteiger partial charge in [-0.3, -0.25) is 9.10 Å². The maximum atomic E-state index is 13.5. The van der Waals surface area contributed by atoms with E-state index in [0.29, 0.717) is 29.2 Å². The molecule has 9 nitrogen and oxygen atoms in total. The van der Waals surface area contributed by atoms with Crippen molar-refractivity contribution in [2.45, 2.75) is 17.7 Å². The van der Waals surface area contributed by atoms with E-state index in [2.05, 4.69) is 5.32 Å². The number of amides is 1. The van der Waals surface area contributed by atoms with Crippen LogP contribution in [0.3, 0.4) is 0 Å². The molecular formula is C21H25F2N3O6S2. The van der Waals surface area contributed by atoms with Gasteiger partial charge in [0.2, 0.25) is 26.0 Å². The lowest BCUT2D eigenvalue weighted by Gasteiger charge is -2.22. The first-order valence-electron chi connectivity index (χ1n) is 10.4. The molecule has 34 heavy (non-hydrogen) atoms. The van der Waals surface area contributed by atoms with Gasteiger partial charge in [-0.05, 0) is 49.2 Å². The van der Waals surface area contributed by atoms with Gasteiger partial charge >= 0.3 is 0 Å². The monoisotopic (exact) mass is 517 g/mol. The molecule has 0 atom stereocenters. The number of anilines is 1. The van der Waals surface area contributed by atoms with Crippen LogP contribution in [0.2, 0.25) is 0 Å². The first-order valence-corrected chi connectivity index (χ1v) is 13.7. The third kappa shape index (κ3) is 6.42. The van der Waals surface area contributed by atoms with E-state index < -0.39 is 44.1 Å². The summed E-state index contributed by atoms with van der Waals surface area (Å²) in [6.07, 6.45) is 2.53. The van der Waals surface area contributed by atoms with Crippen LogP contribution in [0.5, 0.6) is 5.75 Å². The molecule has 1 aliphatic heterocycles. The highest BCUT2D eigenvalue weighted by molar-refractivity contribution is 7.92. The van der Waals surface area contributed by atoms with Gasteiger partial charge < -0.3 is 10.1 Å². The summed E-state index contributed by atoms with van der Waals surface area (Å²) in [6.45, 7) is 0.448. The Kier molecular flexibility index (Phi) is 8.10. The molecule has 2 aromatic rings. The summed E-state index contributed by atoms with van der Waals surface area (Å²) in [5.74, 6) is -2.65. The zero-order valence-corrected chi connectivity index (χ0v) is 20.0. The number of hydrogen-bond donors (Lipinski definition) is 1. The fourth-order valence-corrected chi connectivity index (χ4v) is 5.74. The van der Waals surface area contributed by atoms with Crippen molar-refractivity contribution in [3.8, 4) is 5.75 Å². The highest BCUT2D eigenvalue weighted by Gasteiger charge is 2.27. The highest BCUT2D eigenvalue weighted by atomic mass is 32.2. The van der Waals surface area contributed by atoms with Crippen LogP contribution in [-0.2, 0) is 24.8 Å². The summed E-state index contributed by atoms with van der Waals surface area (Å²) < 4.78 is 83.3. The molecular weight excluding hydrogens is 492 g/mol. The first-order chi connectivity index (χ1) is 16.0. The molecule has 0 bridgehead atoms. The summed E-state index contributed by atoms with van der Waals surface area (Å²) in [6, 6.07) is 8.46. The topological polar surface area (TPSA) is 113 Å². The minimum atomic E-state index is -3.94. The van der Waals surface area contributed by atoms with Gasteiger partial charge in [0.25, 0.3) is 0 Å². The van der Waals surface area contributed by atoms with Crippen molar-refractivity contribution >= 4 is 31.6 Å². The quantitative estimate of drug-likeness (QED) is 0.480. The molecule has 13 heteroatoms. The Labute approximate surface area is 197 Å². The molecule has 0 aromatic heterocycles. The SMILES string of the molecule is CS(=O)(=O)N(CC(=O)NCCOc1ccc(S(=O)(=O)N2CCCC2)cc1)c1ccc(F)c(F)c1. The van der Waals surface area contributed by atoms with Crippen LogP contribution in [0.25, 0.3) is 0 Å². The van der Waals surface area contributed by atoms with Crippen molar-refractivity contribution < 1.29 is 35.1 Å². The number of halogens is 2. The summed E-state index contributed by atoms with van der Waals surface area (Å²) in [4.78, 5) is 12.4. The van der Waals surface area contributed by atoms with Gasteiger partial charge in [-0.15, -0.1) is 0 Å². The van der Waals surface area contributed by atoms with Crippen LogP contribution >= 0.6 is 0 Å². The molecule has 1 amide bonds. The van der Waals surface area contributed by atoms with Crippen molar-refractivity contribution in [1.29, 1.82) is 0 Å². The van der Waals surface area contributed by atoms with Crippen molar-refractivity contribution in [3.05, 3.63) is 54.1 Å². The number of sulfonamides is 2. The average Bonchev–Trinajstić information content (AvgIpc) is 3.33. The van der Waals surface area contributed by atoms with Crippen molar-refractivity contribution in [3.63, 3.8) is 0 Å². The Bertz CT molecular complexity index is 1230. The van der Waals surface area contributed by atoms with Crippen molar-refractivity contribution in [2.75, 3.05) is 43.3 Å². The number of carbonyl (C=O) groups is 1. The molecule has 3 rings (SSSR count). The second-order valence-electron chi connectivity index (χ2n) is 7.65. The maximum absolute atomic E-state index is 13.5. The zero-order valence-electron chi connectivity index (χ0n) is 18.4. The lowest BCUT2D eigenvalue weighted by atomic mass is 10.3. The number of nitrogens with zero attached hydrogens (tertiary/aromatic N) is 2. The number of nitrogens with one attached hydrogen (secondary N) is 1. The van der Waals surface area contributed by atoms with Gasteiger partial charge in [-0.25, -0.2) is 25.6 Å². The second kappa shape index (κ2) is 10.7. The third-order valence-corrected chi connectivity index (χ3v) is 8.15. The van der Waals surface area contributed by atoms with E-state index in [-0.39, 0.29) is 23.7 Å². The lowest BCUT2D eigenvalue weighted by molar-refractivity contribution is -0.119. The van der Waals surface area contributed by atoms with Gasteiger partial charge in [-0.1, -0.05) is 0 Å². The van der Waals surface area contributed by atoms with E-state index in [1.807, 2.05) is 0 Å². The molecule has 186 valence electrons. The molecule has 0 saturated carbocycles. The Morgan fingerprint density at radius 1 is 1.03 bits per heavy atom. The average molecular weight is 518 g/mol. The number of benzene rings is 2. The zero-order chi connectivity index (χ0) is 24.9. The molecule has 0 aliphatic carbocycles. The number of hydrogen-bond acceptors (Lipinski definition) is 6. The highest BCUT2D eigenvalue weighted by Crippen LogP contribution is 2.23. The summed E-state index contributed by atoms with van der Waals surface area (Å²) in [7, 11) is -7.46. The minimum Gasteiger partial charge on any atom is -0.492 e. The molecule has 2 aromatic carbocycles. The van der Waals surface area contributed by atoms with Crippen molar-refractivity contribution in [2.24, 2.45) is 0 Å². The van der Waals surface area contributed by atoms with Crippen LogP contribution in [-0.4, -0.2) is 66.1 Å². The minimum absolute atomic E-state index is 0.0298. The lowest BCUT2D eigenvalue weighted by Crippen LogP contribution is -2.41. The maximum Gasteiger partial charge on any atom is 0.243 e. The molecule has 0 spiro atoms.